The highest BCUT2D eigenvalue weighted by Gasteiger charge is 2.52. The number of rotatable bonds is 9. The Labute approximate surface area is 481 Å². The summed E-state index contributed by atoms with van der Waals surface area (Å²) in [4.78, 5) is 4.85. The van der Waals surface area contributed by atoms with Gasteiger partial charge in [0.2, 0.25) is 0 Å². The summed E-state index contributed by atoms with van der Waals surface area (Å²) < 4.78 is 9.52. The van der Waals surface area contributed by atoms with Crippen molar-refractivity contribution in [2.24, 2.45) is 0 Å². The van der Waals surface area contributed by atoms with Crippen LogP contribution in [-0.2, 0) is 5.41 Å². The Balaban J connectivity index is 0.943. The first-order chi connectivity index (χ1) is 41.2. The first-order valence-corrected chi connectivity index (χ1v) is 28.6. The maximum atomic E-state index is 7.07. The van der Waals surface area contributed by atoms with Gasteiger partial charge < -0.3 is 18.8 Å². The molecule has 2 aliphatic rings. The van der Waals surface area contributed by atoms with Crippen LogP contribution in [0.2, 0.25) is 0 Å². The smallest absolute Gasteiger partial charge is 0.159 e. The molecule has 2 aromatic heterocycles. The van der Waals surface area contributed by atoms with Crippen LogP contribution in [0.25, 0.3) is 93.9 Å². The van der Waals surface area contributed by atoms with Gasteiger partial charge in [-0.1, -0.05) is 218 Å². The standard InChI is InChI=1S/C79H51N3O/c1-5-22-52(23-6-1)54-40-42-58(43-41-54)80(56-26-9-3-10-27-56)60-48-55(53-24-7-2-8-25-53)49-61(50-60)81(74-38-21-34-65-64-31-16-20-39-75(64)83-78(65)74)59-44-45-63-62-30-13-17-35-68(62)79(71(63)51-59)69-36-18-14-32-66(69)76-70(79)46-47-73-77(76)67-33-15-19-37-72(67)82(73)57-28-11-4-12-29-57/h1-51H. The second-order valence-corrected chi connectivity index (χ2v) is 21.9. The molecule has 1 unspecified atom stereocenters. The van der Waals surface area contributed by atoms with E-state index >= 15 is 0 Å². The Bertz CT molecular complexity index is 5030. The average molecular weight is 1060 g/mol. The summed E-state index contributed by atoms with van der Waals surface area (Å²) in [6.45, 7) is 0. The van der Waals surface area contributed by atoms with E-state index in [9.17, 15) is 0 Å². The van der Waals surface area contributed by atoms with Crippen LogP contribution in [0.1, 0.15) is 22.3 Å². The molecular weight excluding hydrogens is 1010 g/mol. The van der Waals surface area contributed by atoms with Gasteiger partial charge in [0.05, 0.1) is 22.1 Å². The van der Waals surface area contributed by atoms with Gasteiger partial charge >= 0.3 is 0 Å². The number of hydrogen-bond donors (Lipinski definition) is 0. The maximum absolute atomic E-state index is 7.07. The van der Waals surface area contributed by atoms with Crippen molar-refractivity contribution in [1.29, 1.82) is 0 Å². The molecule has 13 aromatic carbocycles. The molecule has 0 saturated carbocycles. The molecule has 2 heterocycles. The maximum Gasteiger partial charge on any atom is 0.159 e. The number of benzene rings is 13. The molecule has 17 rings (SSSR count). The van der Waals surface area contributed by atoms with Crippen molar-refractivity contribution >= 4 is 77.9 Å². The topological polar surface area (TPSA) is 24.6 Å². The summed E-state index contributed by atoms with van der Waals surface area (Å²) in [6.07, 6.45) is 0. The van der Waals surface area contributed by atoms with Gasteiger partial charge in [-0.25, -0.2) is 0 Å². The lowest BCUT2D eigenvalue weighted by atomic mass is 9.70. The lowest BCUT2D eigenvalue weighted by molar-refractivity contribution is 0.669. The summed E-state index contributed by atoms with van der Waals surface area (Å²) in [6, 6.07) is 113. The Hall–Kier alpha value is -10.9. The van der Waals surface area contributed by atoms with E-state index in [1.54, 1.807) is 0 Å². The molecule has 0 bridgehead atoms. The number of furan rings is 1. The number of hydrogen-bond acceptors (Lipinski definition) is 3. The Morgan fingerprint density at radius 2 is 0.855 bits per heavy atom. The molecule has 4 nitrogen and oxygen atoms in total. The summed E-state index contributed by atoms with van der Waals surface area (Å²) in [5.41, 5.74) is 25.3. The summed E-state index contributed by atoms with van der Waals surface area (Å²) in [7, 11) is 0. The van der Waals surface area contributed by atoms with Crippen LogP contribution in [0.15, 0.2) is 314 Å². The number of nitrogens with zero attached hydrogens (tertiary/aromatic N) is 3. The van der Waals surface area contributed by atoms with Crippen molar-refractivity contribution < 1.29 is 4.42 Å². The minimum atomic E-state index is -0.651. The Kier molecular flexibility index (Phi) is 10.5. The third kappa shape index (κ3) is 7.06. The molecule has 2 aliphatic carbocycles. The first kappa shape index (κ1) is 46.9. The minimum absolute atomic E-state index is 0.651. The van der Waals surface area contributed by atoms with Gasteiger partial charge in [0.15, 0.2) is 5.58 Å². The summed E-state index contributed by atoms with van der Waals surface area (Å²) in [5, 5.41) is 4.66. The first-order valence-electron chi connectivity index (χ1n) is 28.6. The van der Waals surface area contributed by atoms with Gasteiger partial charge in [-0.15, -0.1) is 0 Å². The molecule has 388 valence electrons. The normalized spacial score (nSPS) is 13.8. The van der Waals surface area contributed by atoms with E-state index in [1.807, 2.05) is 0 Å². The van der Waals surface area contributed by atoms with Crippen molar-refractivity contribution in [3.8, 4) is 50.2 Å². The van der Waals surface area contributed by atoms with Gasteiger partial charge in [-0.05, 0) is 158 Å². The zero-order chi connectivity index (χ0) is 54.6. The second kappa shape index (κ2) is 18.6. The Morgan fingerprint density at radius 3 is 1.61 bits per heavy atom. The number of para-hydroxylation sites is 5. The van der Waals surface area contributed by atoms with Gasteiger partial charge in [0.25, 0.3) is 0 Å². The predicted molar refractivity (Wildman–Crippen MR) is 345 cm³/mol. The molecule has 0 saturated heterocycles. The lowest BCUT2D eigenvalue weighted by Gasteiger charge is -2.33. The molecule has 15 aromatic rings. The highest BCUT2D eigenvalue weighted by molar-refractivity contribution is 6.19. The molecule has 0 amide bonds. The third-order valence-corrected chi connectivity index (χ3v) is 17.5. The van der Waals surface area contributed by atoms with E-state index in [0.29, 0.717) is 0 Å². The molecule has 4 heteroatoms. The van der Waals surface area contributed by atoms with Crippen LogP contribution in [0, 0.1) is 0 Å². The highest BCUT2D eigenvalue weighted by Crippen LogP contribution is 2.65. The SMILES string of the molecule is c1ccc(-c2ccc(N(c3ccccc3)c3cc(-c4ccccc4)cc(N(c4ccc5c(c4)C4(c6ccccc6-5)c5ccccc5-c5c4ccc4c5c5ccccc5n4-c4ccccc4)c4cccc5c4oc4ccccc45)c3)cc2)cc1. The average Bonchev–Trinajstić information content (AvgIpc) is 2.65. The van der Waals surface area contributed by atoms with Crippen molar-refractivity contribution in [1.82, 2.24) is 4.57 Å². The number of fused-ring (bicyclic) bond motifs is 17. The van der Waals surface area contributed by atoms with E-state index in [4.69, 9.17) is 4.42 Å². The quantitative estimate of drug-likeness (QED) is 0.144. The van der Waals surface area contributed by atoms with Gasteiger partial charge in [0, 0.05) is 55.7 Å². The third-order valence-electron chi connectivity index (χ3n) is 17.5. The molecular formula is C79H51N3O. The van der Waals surface area contributed by atoms with Crippen molar-refractivity contribution in [3.05, 3.63) is 332 Å². The zero-order valence-electron chi connectivity index (χ0n) is 45.2. The minimum Gasteiger partial charge on any atom is -0.454 e. The number of anilines is 6. The van der Waals surface area contributed by atoms with E-state index in [1.165, 1.54) is 77.4 Å². The van der Waals surface area contributed by atoms with Crippen LogP contribution in [-0.4, -0.2) is 4.57 Å². The summed E-state index contributed by atoms with van der Waals surface area (Å²) >= 11 is 0. The van der Waals surface area contributed by atoms with Crippen LogP contribution >= 0.6 is 0 Å². The molecule has 0 fully saturated rings. The molecule has 0 N–H and O–H groups in total. The fourth-order valence-corrected chi connectivity index (χ4v) is 14.1. The fraction of sp³-hybridized carbons (Fsp3) is 0.0127. The van der Waals surface area contributed by atoms with Crippen molar-refractivity contribution in [3.63, 3.8) is 0 Å². The molecule has 0 aliphatic heterocycles. The van der Waals surface area contributed by atoms with E-state index in [-0.39, 0.29) is 0 Å². The van der Waals surface area contributed by atoms with Gasteiger partial charge in [-0.2, -0.15) is 0 Å². The second-order valence-electron chi connectivity index (χ2n) is 21.9. The Morgan fingerprint density at radius 1 is 0.301 bits per heavy atom. The fourth-order valence-electron chi connectivity index (χ4n) is 14.1. The molecule has 83 heavy (non-hydrogen) atoms. The highest BCUT2D eigenvalue weighted by atomic mass is 16.3. The van der Waals surface area contributed by atoms with Crippen LogP contribution < -0.4 is 9.80 Å². The van der Waals surface area contributed by atoms with E-state index in [0.717, 1.165) is 72.9 Å². The van der Waals surface area contributed by atoms with Crippen LogP contribution in [0.4, 0.5) is 34.1 Å². The summed E-state index contributed by atoms with van der Waals surface area (Å²) in [5.74, 6) is 0. The van der Waals surface area contributed by atoms with Gasteiger partial charge in [-0.3, -0.25) is 0 Å². The molecule has 1 spiro atoms. The van der Waals surface area contributed by atoms with Crippen molar-refractivity contribution in [2.75, 3.05) is 9.80 Å². The predicted octanol–water partition coefficient (Wildman–Crippen LogP) is 21.3. The number of aromatic nitrogens is 1. The van der Waals surface area contributed by atoms with Crippen molar-refractivity contribution in [2.45, 2.75) is 5.41 Å². The monoisotopic (exact) mass is 1060 g/mol. The molecule has 1 atom stereocenters. The van der Waals surface area contributed by atoms with E-state index < -0.39 is 5.41 Å². The lowest BCUT2D eigenvalue weighted by Crippen LogP contribution is -2.26. The van der Waals surface area contributed by atoms with Crippen LogP contribution in [0.3, 0.4) is 0 Å². The molecule has 0 radical (unpaired) electrons. The van der Waals surface area contributed by atoms with Gasteiger partial charge in [0.1, 0.15) is 5.58 Å². The van der Waals surface area contributed by atoms with Crippen LogP contribution in [0.5, 0.6) is 0 Å². The van der Waals surface area contributed by atoms with E-state index in [2.05, 4.69) is 324 Å². The largest absolute Gasteiger partial charge is 0.454 e. The zero-order valence-corrected chi connectivity index (χ0v) is 45.2.